The molecule has 1 aromatic rings. The van der Waals surface area contributed by atoms with Gasteiger partial charge in [-0.3, -0.25) is 14.9 Å². The van der Waals surface area contributed by atoms with E-state index in [2.05, 4.69) is 5.32 Å². The summed E-state index contributed by atoms with van der Waals surface area (Å²) in [7, 11) is 3.16. The third kappa shape index (κ3) is 3.05. The molecule has 0 spiro atoms. The Morgan fingerprint density at radius 1 is 1.21 bits per heavy atom. The first kappa shape index (κ1) is 13.4. The Morgan fingerprint density at radius 3 is 2.58 bits per heavy atom. The largest absolute Gasteiger partial charge is 0.493 e. The van der Waals surface area contributed by atoms with Crippen LogP contribution in [0, 0.1) is 5.92 Å². The summed E-state index contributed by atoms with van der Waals surface area (Å²) in [6.07, 6.45) is 1.60. The van der Waals surface area contributed by atoms with Crippen LogP contribution in [0.5, 0.6) is 11.5 Å². The normalized spacial score (nSPS) is 18.9. The highest BCUT2D eigenvalue weighted by molar-refractivity contribution is 5.98. The molecule has 0 aliphatic carbocycles. The molecule has 5 nitrogen and oxygen atoms in total. The molecule has 0 saturated carbocycles. The SMILES string of the molecule is COc1ccc(CC2CCC(=O)NC2=O)cc1OC. The molecule has 2 amide bonds. The predicted molar refractivity (Wildman–Crippen MR) is 69.1 cm³/mol. The zero-order chi connectivity index (χ0) is 13.8. The van der Waals surface area contributed by atoms with E-state index in [9.17, 15) is 9.59 Å². The van der Waals surface area contributed by atoms with Crippen LogP contribution >= 0.6 is 0 Å². The van der Waals surface area contributed by atoms with Crippen LogP contribution < -0.4 is 14.8 Å². The van der Waals surface area contributed by atoms with E-state index in [4.69, 9.17) is 9.47 Å². The second kappa shape index (κ2) is 5.73. The minimum atomic E-state index is -0.189. The van der Waals surface area contributed by atoms with Gasteiger partial charge in [0.15, 0.2) is 11.5 Å². The Labute approximate surface area is 111 Å². The van der Waals surface area contributed by atoms with Crippen molar-refractivity contribution in [1.29, 1.82) is 0 Å². The fourth-order valence-corrected chi connectivity index (χ4v) is 2.23. The first-order valence-corrected chi connectivity index (χ1v) is 6.18. The summed E-state index contributed by atoms with van der Waals surface area (Å²) in [6, 6.07) is 5.59. The maximum Gasteiger partial charge on any atom is 0.230 e. The Kier molecular flexibility index (Phi) is 4.04. The number of ether oxygens (including phenoxy) is 2. The van der Waals surface area contributed by atoms with E-state index in [0.717, 1.165) is 5.56 Å². The Morgan fingerprint density at radius 2 is 1.95 bits per heavy atom. The number of methoxy groups -OCH3 is 2. The standard InChI is InChI=1S/C14H17NO4/c1-18-11-5-3-9(8-12(11)19-2)7-10-4-6-13(16)15-14(10)17/h3,5,8,10H,4,6-7H2,1-2H3,(H,15,16,17). The monoisotopic (exact) mass is 263 g/mol. The summed E-state index contributed by atoms with van der Waals surface area (Å²) in [6.45, 7) is 0. The van der Waals surface area contributed by atoms with Gasteiger partial charge in [-0.15, -0.1) is 0 Å². The fraction of sp³-hybridized carbons (Fsp3) is 0.429. The molecule has 5 heteroatoms. The second-order valence-corrected chi connectivity index (χ2v) is 4.54. The van der Waals surface area contributed by atoms with Crippen molar-refractivity contribution in [2.45, 2.75) is 19.3 Å². The van der Waals surface area contributed by atoms with Crippen LogP contribution in [0.2, 0.25) is 0 Å². The zero-order valence-electron chi connectivity index (χ0n) is 11.1. The van der Waals surface area contributed by atoms with Gasteiger partial charge >= 0.3 is 0 Å². The van der Waals surface area contributed by atoms with Crippen LogP contribution in [0.3, 0.4) is 0 Å². The van der Waals surface area contributed by atoms with Gasteiger partial charge in [0.25, 0.3) is 0 Å². The van der Waals surface area contributed by atoms with Crippen molar-refractivity contribution >= 4 is 11.8 Å². The lowest BCUT2D eigenvalue weighted by Gasteiger charge is -2.21. The average Bonchev–Trinajstić information content (AvgIpc) is 2.41. The summed E-state index contributed by atoms with van der Waals surface area (Å²) < 4.78 is 10.4. The molecule has 1 aliphatic heterocycles. The van der Waals surface area contributed by atoms with E-state index in [0.29, 0.717) is 30.8 Å². The van der Waals surface area contributed by atoms with Gasteiger partial charge in [-0.1, -0.05) is 6.07 Å². The van der Waals surface area contributed by atoms with Gasteiger partial charge < -0.3 is 9.47 Å². The molecule has 102 valence electrons. The molecule has 1 heterocycles. The number of hydrogen-bond donors (Lipinski definition) is 1. The number of hydrogen-bond acceptors (Lipinski definition) is 4. The number of carbonyl (C=O) groups excluding carboxylic acids is 2. The number of amides is 2. The van der Waals surface area contributed by atoms with E-state index >= 15 is 0 Å². The highest BCUT2D eigenvalue weighted by Gasteiger charge is 2.26. The molecule has 1 aliphatic rings. The molecule has 2 rings (SSSR count). The molecular formula is C14H17NO4. The molecule has 1 saturated heterocycles. The number of benzene rings is 1. The van der Waals surface area contributed by atoms with Gasteiger partial charge in [0.1, 0.15) is 0 Å². The molecule has 19 heavy (non-hydrogen) atoms. The molecule has 1 aromatic carbocycles. The minimum Gasteiger partial charge on any atom is -0.493 e. The molecule has 1 fully saturated rings. The first-order valence-electron chi connectivity index (χ1n) is 6.18. The topological polar surface area (TPSA) is 64.6 Å². The summed E-state index contributed by atoms with van der Waals surface area (Å²) in [5, 5.41) is 2.37. The highest BCUT2D eigenvalue weighted by atomic mass is 16.5. The lowest BCUT2D eigenvalue weighted by Crippen LogP contribution is -2.41. The summed E-state index contributed by atoms with van der Waals surface area (Å²) in [4.78, 5) is 22.8. The van der Waals surface area contributed by atoms with Crippen molar-refractivity contribution in [3.05, 3.63) is 23.8 Å². The van der Waals surface area contributed by atoms with Crippen LogP contribution in [0.4, 0.5) is 0 Å². The Bertz CT molecular complexity index is 498. The highest BCUT2D eigenvalue weighted by Crippen LogP contribution is 2.29. The van der Waals surface area contributed by atoms with Gasteiger partial charge in [-0.2, -0.15) is 0 Å². The molecule has 1 unspecified atom stereocenters. The van der Waals surface area contributed by atoms with Crippen molar-refractivity contribution in [2.24, 2.45) is 5.92 Å². The van der Waals surface area contributed by atoms with Gasteiger partial charge in [-0.05, 0) is 30.5 Å². The molecule has 0 radical (unpaired) electrons. The molecule has 0 aromatic heterocycles. The van der Waals surface area contributed by atoms with E-state index < -0.39 is 0 Å². The van der Waals surface area contributed by atoms with E-state index in [1.165, 1.54) is 0 Å². The lowest BCUT2D eigenvalue weighted by atomic mass is 9.91. The summed E-state index contributed by atoms with van der Waals surface area (Å²) in [5.74, 6) is 0.775. The maximum absolute atomic E-state index is 11.7. The van der Waals surface area contributed by atoms with Crippen LogP contribution in [-0.4, -0.2) is 26.0 Å². The number of piperidine rings is 1. The average molecular weight is 263 g/mol. The van der Waals surface area contributed by atoms with Crippen molar-refractivity contribution in [1.82, 2.24) is 5.32 Å². The number of carbonyl (C=O) groups is 2. The van der Waals surface area contributed by atoms with Gasteiger partial charge in [-0.25, -0.2) is 0 Å². The van der Waals surface area contributed by atoms with Crippen molar-refractivity contribution in [2.75, 3.05) is 14.2 Å². The molecule has 1 atom stereocenters. The van der Waals surface area contributed by atoms with Crippen molar-refractivity contribution in [3.8, 4) is 11.5 Å². The maximum atomic E-state index is 11.7. The smallest absolute Gasteiger partial charge is 0.230 e. The predicted octanol–water partition coefficient (Wildman–Crippen LogP) is 1.30. The lowest BCUT2D eigenvalue weighted by molar-refractivity contribution is -0.136. The minimum absolute atomic E-state index is 0.157. The quantitative estimate of drug-likeness (QED) is 0.832. The van der Waals surface area contributed by atoms with Crippen LogP contribution in [0.1, 0.15) is 18.4 Å². The summed E-state index contributed by atoms with van der Waals surface area (Å²) >= 11 is 0. The van der Waals surface area contributed by atoms with Gasteiger partial charge in [0.05, 0.1) is 14.2 Å². The first-order chi connectivity index (χ1) is 9.13. The molecular weight excluding hydrogens is 246 g/mol. The molecule has 1 N–H and O–H groups in total. The Hall–Kier alpha value is -2.04. The van der Waals surface area contributed by atoms with Crippen LogP contribution in [-0.2, 0) is 16.0 Å². The van der Waals surface area contributed by atoms with Crippen LogP contribution in [0.25, 0.3) is 0 Å². The summed E-state index contributed by atoms with van der Waals surface area (Å²) in [5.41, 5.74) is 0.993. The van der Waals surface area contributed by atoms with Crippen molar-refractivity contribution < 1.29 is 19.1 Å². The second-order valence-electron chi connectivity index (χ2n) is 4.54. The van der Waals surface area contributed by atoms with E-state index in [-0.39, 0.29) is 17.7 Å². The van der Waals surface area contributed by atoms with Gasteiger partial charge in [0, 0.05) is 12.3 Å². The molecule has 0 bridgehead atoms. The zero-order valence-corrected chi connectivity index (χ0v) is 11.1. The fourth-order valence-electron chi connectivity index (χ4n) is 2.23. The number of nitrogens with one attached hydrogen (secondary N) is 1. The van der Waals surface area contributed by atoms with Gasteiger partial charge in [0.2, 0.25) is 11.8 Å². The Balaban J connectivity index is 2.11. The number of rotatable bonds is 4. The third-order valence-electron chi connectivity index (χ3n) is 3.28. The number of imide groups is 1. The van der Waals surface area contributed by atoms with Crippen molar-refractivity contribution in [3.63, 3.8) is 0 Å². The van der Waals surface area contributed by atoms with Crippen LogP contribution in [0.15, 0.2) is 18.2 Å². The third-order valence-corrected chi connectivity index (χ3v) is 3.28. The van der Waals surface area contributed by atoms with E-state index in [1.807, 2.05) is 18.2 Å². The van der Waals surface area contributed by atoms with E-state index in [1.54, 1.807) is 14.2 Å².